The van der Waals surface area contributed by atoms with Crippen molar-refractivity contribution in [2.24, 2.45) is 0 Å². The first kappa shape index (κ1) is 15.2. The summed E-state index contributed by atoms with van der Waals surface area (Å²) in [6.45, 7) is 0.934. The van der Waals surface area contributed by atoms with Crippen LogP contribution in [0, 0.1) is 0 Å². The van der Waals surface area contributed by atoms with Crippen LogP contribution in [0.2, 0.25) is 0 Å². The minimum Gasteiger partial charge on any atom is -0.372 e. The smallest absolute Gasteiger partial charge is 0.372 e. The van der Waals surface area contributed by atoms with Gasteiger partial charge in [0.1, 0.15) is 6.61 Å². The van der Waals surface area contributed by atoms with Crippen LogP contribution in [0.1, 0.15) is 25.7 Å². The molecule has 102 valence electrons. The van der Waals surface area contributed by atoms with Gasteiger partial charge in [0.2, 0.25) is 0 Å². The molecule has 2 nitrogen and oxygen atoms in total. The second-order valence-electron chi connectivity index (χ2n) is 4.36. The molecule has 0 aromatic rings. The molecule has 1 rings (SSSR count). The topological polar surface area (TPSA) is 12.5 Å². The molecule has 0 spiro atoms. The standard InChI is InChI=1S/C11H19BrF3NO/c12-8-10-4-1-2-5-16(10)6-3-7-17-9-11(13,14)15/h10H,1-9H2. The largest absolute Gasteiger partial charge is 0.411 e. The SMILES string of the molecule is FC(F)(F)COCCCN1CCCCC1CBr. The molecule has 0 saturated carbocycles. The zero-order valence-electron chi connectivity index (χ0n) is 9.81. The summed E-state index contributed by atoms with van der Waals surface area (Å²) in [5, 5.41) is 0.941. The third-order valence-corrected chi connectivity index (χ3v) is 3.67. The molecule has 1 fully saturated rings. The summed E-state index contributed by atoms with van der Waals surface area (Å²) in [7, 11) is 0. The Labute approximate surface area is 109 Å². The summed E-state index contributed by atoms with van der Waals surface area (Å²) in [5.41, 5.74) is 0. The molecule has 0 radical (unpaired) electrons. The van der Waals surface area contributed by atoms with Crippen LogP contribution in [0.25, 0.3) is 0 Å². The average Bonchev–Trinajstić information content (AvgIpc) is 2.27. The summed E-state index contributed by atoms with van der Waals surface area (Å²) in [6, 6.07) is 0.534. The quantitative estimate of drug-likeness (QED) is 0.551. The highest BCUT2D eigenvalue weighted by atomic mass is 79.9. The van der Waals surface area contributed by atoms with Crippen molar-refractivity contribution < 1.29 is 17.9 Å². The molecule has 0 amide bonds. The Morgan fingerprint density at radius 1 is 1.29 bits per heavy atom. The van der Waals surface area contributed by atoms with Crippen molar-refractivity contribution in [3.05, 3.63) is 0 Å². The van der Waals surface area contributed by atoms with E-state index in [4.69, 9.17) is 0 Å². The number of likely N-dealkylation sites (tertiary alicyclic amines) is 1. The van der Waals surface area contributed by atoms with Crippen molar-refractivity contribution >= 4 is 15.9 Å². The van der Waals surface area contributed by atoms with Crippen molar-refractivity contribution in [1.29, 1.82) is 0 Å². The van der Waals surface area contributed by atoms with Crippen LogP contribution < -0.4 is 0 Å². The zero-order valence-corrected chi connectivity index (χ0v) is 11.4. The van der Waals surface area contributed by atoms with Crippen LogP contribution in [0.15, 0.2) is 0 Å². The predicted octanol–water partition coefficient (Wildman–Crippen LogP) is 3.20. The Kier molecular flexibility index (Phi) is 6.80. The Hall–Kier alpha value is 0.190. The Balaban J connectivity index is 2.08. The van der Waals surface area contributed by atoms with Crippen molar-refractivity contribution in [1.82, 2.24) is 4.90 Å². The summed E-state index contributed by atoms with van der Waals surface area (Å²) < 4.78 is 40.0. The maximum atomic E-state index is 11.8. The van der Waals surface area contributed by atoms with E-state index in [1.165, 1.54) is 19.3 Å². The first-order chi connectivity index (χ1) is 8.03. The van der Waals surface area contributed by atoms with Crippen molar-refractivity contribution in [2.75, 3.05) is 31.6 Å². The van der Waals surface area contributed by atoms with Crippen molar-refractivity contribution in [3.63, 3.8) is 0 Å². The summed E-state index contributed by atoms with van der Waals surface area (Å²) in [6.07, 6.45) is 0.0714. The molecule has 0 N–H and O–H groups in total. The molecule has 0 aromatic carbocycles. The van der Waals surface area contributed by atoms with Gasteiger partial charge in [-0.1, -0.05) is 22.4 Å². The van der Waals surface area contributed by atoms with Gasteiger partial charge in [-0.15, -0.1) is 0 Å². The van der Waals surface area contributed by atoms with Crippen LogP contribution in [0.3, 0.4) is 0 Å². The van der Waals surface area contributed by atoms with Crippen molar-refractivity contribution in [2.45, 2.75) is 37.9 Å². The van der Waals surface area contributed by atoms with Gasteiger partial charge in [0.05, 0.1) is 0 Å². The van der Waals surface area contributed by atoms with Crippen LogP contribution in [-0.2, 0) is 4.74 Å². The zero-order chi connectivity index (χ0) is 12.7. The van der Waals surface area contributed by atoms with Gasteiger partial charge in [-0.05, 0) is 25.8 Å². The van der Waals surface area contributed by atoms with E-state index >= 15 is 0 Å². The first-order valence-corrected chi connectivity index (χ1v) is 7.09. The van der Waals surface area contributed by atoms with Crippen LogP contribution in [0.4, 0.5) is 13.2 Å². The summed E-state index contributed by atoms with van der Waals surface area (Å²) in [4.78, 5) is 2.34. The van der Waals surface area contributed by atoms with E-state index in [0.29, 0.717) is 12.5 Å². The Morgan fingerprint density at radius 2 is 2.06 bits per heavy atom. The molecule has 0 bridgehead atoms. The van der Waals surface area contributed by atoms with Gasteiger partial charge in [0, 0.05) is 24.5 Å². The number of rotatable bonds is 6. The minimum atomic E-state index is -4.20. The lowest BCUT2D eigenvalue weighted by atomic mass is 10.0. The molecule has 17 heavy (non-hydrogen) atoms. The summed E-state index contributed by atoms with van der Waals surface area (Å²) >= 11 is 3.48. The fourth-order valence-corrected chi connectivity index (χ4v) is 2.82. The van der Waals surface area contributed by atoms with E-state index in [-0.39, 0.29) is 6.61 Å². The number of halogens is 4. The molecule has 1 atom stereocenters. The van der Waals surface area contributed by atoms with Gasteiger partial charge in [-0.25, -0.2) is 0 Å². The van der Waals surface area contributed by atoms with Gasteiger partial charge in [0.25, 0.3) is 0 Å². The molecule has 1 aliphatic rings. The minimum absolute atomic E-state index is 0.186. The second kappa shape index (κ2) is 7.59. The fraction of sp³-hybridized carbons (Fsp3) is 1.00. The molecule has 1 unspecified atom stereocenters. The van der Waals surface area contributed by atoms with Crippen LogP contribution in [-0.4, -0.2) is 48.8 Å². The predicted molar refractivity (Wildman–Crippen MR) is 64.5 cm³/mol. The van der Waals surface area contributed by atoms with Crippen molar-refractivity contribution in [3.8, 4) is 0 Å². The van der Waals surface area contributed by atoms with E-state index in [0.717, 1.165) is 18.4 Å². The van der Waals surface area contributed by atoms with Crippen LogP contribution in [0.5, 0.6) is 0 Å². The highest BCUT2D eigenvalue weighted by Gasteiger charge is 2.27. The summed E-state index contributed by atoms with van der Waals surface area (Å²) in [5.74, 6) is 0. The highest BCUT2D eigenvalue weighted by Crippen LogP contribution is 2.19. The molecule has 6 heteroatoms. The number of ether oxygens (including phenoxy) is 1. The van der Waals surface area contributed by atoms with Gasteiger partial charge >= 0.3 is 6.18 Å². The lowest BCUT2D eigenvalue weighted by Crippen LogP contribution is -2.41. The molecular formula is C11H19BrF3NO. The normalized spacial score (nSPS) is 22.9. The third-order valence-electron chi connectivity index (χ3n) is 2.93. The molecule has 1 aliphatic heterocycles. The van der Waals surface area contributed by atoms with Gasteiger partial charge in [-0.2, -0.15) is 13.2 Å². The van der Waals surface area contributed by atoms with Gasteiger partial charge in [-0.3, -0.25) is 4.90 Å². The van der Waals surface area contributed by atoms with Gasteiger partial charge in [0.15, 0.2) is 0 Å². The maximum absolute atomic E-state index is 11.8. The number of hydrogen-bond acceptors (Lipinski definition) is 2. The fourth-order valence-electron chi connectivity index (χ4n) is 2.09. The maximum Gasteiger partial charge on any atom is 0.411 e. The Bertz CT molecular complexity index is 213. The van der Waals surface area contributed by atoms with Gasteiger partial charge < -0.3 is 4.74 Å². The molecule has 1 heterocycles. The van der Waals surface area contributed by atoms with E-state index in [2.05, 4.69) is 25.6 Å². The monoisotopic (exact) mass is 317 g/mol. The van der Waals surface area contributed by atoms with Crippen LogP contribution >= 0.6 is 15.9 Å². The number of nitrogens with zero attached hydrogens (tertiary/aromatic N) is 1. The number of alkyl halides is 4. The average molecular weight is 318 g/mol. The lowest BCUT2D eigenvalue weighted by molar-refractivity contribution is -0.174. The molecule has 0 aromatic heterocycles. The van der Waals surface area contributed by atoms with E-state index in [1.54, 1.807) is 0 Å². The van der Waals surface area contributed by atoms with E-state index in [9.17, 15) is 13.2 Å². The third kappa shape index (κ3) is 6.62. The number of hydrogen-bond donors (Lipinski definition) is 0. The highest BCUT2D eigenvalue weighted by molar-refractivity contribution is 9.09. The van der Waals surface area contributed by atoms with E-state index < -0.39 is 12.8 Å². The molecular weight excluding hydrogens is 299 g/mol. The molecule has 1 saturated heterocycles. The van der Waals surface area contributed by atoms with E-state index in [1.807, 2.05) is 0 Å². The first-order valence-electron chi connectivity index (χ1n) is 5.97. The Morgan fingerprint density at radius 3 is 2.71 bits per heavy atom. The lowest BCUT2D eigenvalue weighted by Gasteiger charge is -2.34. The number of piperidine rings is 1. The second-order valence-corrected chi connectivity index (χ2v) is 5.01. The molecule has 0 aliphatic carbocycles.